The number of phenolic OH excluding ortho intramolecular Hbond substituents is 1. The fraction of sp³-hybridized carbons (Fsp3) is 0.433. The third-order valence-corrected chi connectivity index (χ3v) is 7.99. The molecule has 3 aromatic carbocycles. The van der Waals surface area contributed by atoms with Crippen LogP contribution in [-0.4, -0.2) is 22.7 Å². The van der Waals surface area contributed by atoms with Crippen LogP contribution < -0.4 is 0 Å². The molecule has 2 aliphatic rings. The lowest BCUT2D eigenvalue weighted by Gasteiger charge is -2.40. The van der Waals surface area contributed by atoms with E-state index >= 15 is 0 Å². The van der Waals surface area contributed by atoms with E-state index in [9.17, 15) is 9.90 Å². The van der Waals surface area contributed by atoms with E-state index in [0.717, 1.165) is 41.2 Å². The number of rotatable bonds is 4. The van der Waals surface area contributed by atoms with Gasteiger partial charge >= 0.3 is 5.97 Å². The number of carbonyl (C=O) groups excluding carboxylic acids is 1. The second-order valence-electron chi connectivity index (χ2n) is 10.6. The topological polar surface area (TPSA) is 49.8 Å². The van der Waals surface area contributed by atoms with Gasteiger partial charge < -0.3 is 9.94 Å². The average molecular weight is 458 g/mol. The maximum Gasteiger partial charge on any atom is 0.328 e. The molecular formula is C30H35NO3. The van der Waals surface area contributed by atoms with Gasteiger partial charge in [-0.1, -0.05) is 81.8 Å². The Labute approximate surface area is 202 Å². The largest absolute Gasteiger partial charge is 0.508 e. The molecule has 1 fully saturated rings. The predicted molar refractivity (Wildman–Crippen MR) is 135 cm³/mol. The van der Waals surface area contributed by atoms with Crippen molar-refractivity contribution in [2.24, 2.45) is 23.7 Å². The molecular weight excluding hydrogens is 422 g/mol. The molecule has 1 N–H and O–H groups in total. The number of fused-ring (bicyclic) bond motifs is 2. The molecule has 0 amide bonds. The first-order valence-electron chi connectivity index (χ1n) is 12.7. The number of benzene rings is 3. The van der Waals surface area contributed by atoms with Crippen LogP contribution in [0.1, 0.15) is 62.8 Å². The summed E-state index contributed by atoms with van der Waals surface area (Å²) in [5.41, 5.74) is 3.12. The fourth-order valence-corrected chi connectivity index (χ4v) is 6.17. The number of phenols is 1. The summed E-state index contributed by atoms with van der Waals surface area (Å²) >= 11 is 0. The van der Waals surface area contributed by atoms with Gasteiger partial charge in [0, 0.05) is 12.1 Å². The smallest absolute Gasteiger partial charge is 0.328 e. The number of hydrogen-bond donors (Lipinski definition) is 1. The molecule has 0 aromatic heterocycles. The SMILES string of the molecule is CC1CCC(C(C)C)C(C(=O)ON2CCc3ccccc3C2c2c(O)ccc3ccccc23)C1. The zero-order valence-electron chi connectivity index (χ0n) is 20.4. The van der Waals surface area contributed by atoms with Crippen LogP contribution >= 0.6 is 0 Å². The minimum Gasteiger partial charge on any atom is -0.508 e. The van der Waals surface area contributed by atoms with Gasteiger partial charge in [-0.25, -0.2) is 0 Å². The minimum atomic E-state index is -0.349. The molecule has 178 valence electrons. The lowest BCUT2D eigenvalue weighted by molar-refractivity contribution is -0.210. The summed E-state index contributed by atoms with van der Waals surface area (Å²) in [7, 11) is 0. The highest BCUT2D eigenvalue weighted by molar-refractivity contribution is 5.88. The standard InChI is InChI=1S/C30H35NO3/c1-19(2)23-14-12-20(3)18-26(23)30(33)34-31-17-16-22-9-5-7-11-25(22)29(31)28-24-10-6-4-8-21(24)13-15-27(28)32/h4-11,13,15,19-20,23,26,29,32H,12,14,16-18H2,1-3H3. The zero-order valence-corrected chi connectivity index (χ0v) is 20.4. The van der Waals surface area contributed by atoms with Crippen LogP contribution in [0.4, 0.5) is 0 Å². The van der Waals surface area contributed by atoms with Crippen molar-refractivity contribution >= 4 is 16.7 Å². The normalized spacial score (nSPS) is 25.3. The van der Waals surface area contributed by atoms with Gasteiger partial charge in [0.05, 0.1) is 5.92 Å². The Bertz CT molecular complexity index is 1190. The van der Waals surface area contributed by atoms with E-state index in [2.05, 4.69) is 45.0 Å². The van der Waals surface area contributed by atoms with Gasteiger partial charge in [0.1, 0.15) is 11.8 Å². The Morgan fingerprint density at radius 3 is 2.62 bits per heavy atom. The number of hydroxylamine groups is 2. The number of carbonyl (C=O) groups is 1. The molecule has 1 aliphatic heterocycles. The van der Waals surface area contributed by atoms with Crippen molar-refractivity contribution in [2.75, 3.05) is 6.54 Å². The molecule has 1 heterocycles. The molecule has 0 saturated heterocycles. The molecule has 1 aliphatic carbocycles. The van der Waals surface area contributed by atoms with E-state index in [0.29, 0.717) is 24.3 Å². The van der Waals surface area contributed by atoms with Crippen LogP contribution in [0, 0.1) is 23.7 Å². The molecule has 0 radical (unpaired) electrons. The summed E-state index contributed by atoms with van der Waals surface area (Å²) in [5.74, 6) is 1.37. The summed E-state index contributed by atoms with van der Waals surface area (Å²) in [6.45, 7) is 7.28. The Morgan fingerprint density at radius 1 is 1.03 bits per heavy atom. The molecule has 3 aromatic rings. The molecule has 5 rings (SSSR count). The molecule has 4 nitrogen and oxygen atoms in total. The van der Waals surface area contributed by atoms with Crippen LogP contribution in [0.5, 0.6) is 5.75 Å². The lowest BCUT2D eigenvalue weighted by Crippen LogP contribution is -2.42. The Hall–Kier alpha value is -2.85. The van der Waals surface area contributed by atoms with Crippen molar-refractivity contribution in [3.63, 3.8) is 0 Å². The van der Waals surface area contributed by atoms with Crippen molar-refractivity contribution in [1.29, 1.82) is 0 Å². The van der Waals surface area contributed by atoms with Crippen molar-refractivity contribution in [3.8, 4) is 5.75 Å². The molecule has 0 spiro atoms. The first kappa shape index (κ1) is 22.9. The van der Waals surface area contributed by atoms with Gasteiger partial charge in [-0.15, -0.1) is 5.06 Å². The number of hydrogen-bond acceptors (Lipinski definition) is 4. The summed E-state index contributed by atoms with van der Waals surface area (Å²) in [6.07, 6.45) is 3.95. The van der Waals surface area contributed by atoms with Crippen molar-refractivity contribution in [3.05, 3.63) is 77.4 Å². The van der Waals surface area contributed by atoms with Gasteiger partial charge in [-0.05, 0) is 65.0 Å². The maximum atomic E-state index is 13.6. The number of nitrogens with zero attached hydrogens (tertiary/aromatic N) is 1. The highest BCUT2D eigenvalue weighted by Crippen LogP contribution is 2.44. The van der Waals surface area contributed by atoms with E-state index < -0.39 is 0 Å². The van der Waals surface area contributed by atoms with Crippen molar-refractivity contribution in [2.45, 2.75) is 52.5 Å². The Morgan fingerprint density at radius 2 is 1.79 bits per heavy atom. The predicted octanol–water partition coefficient (Wildman–Crippen LogP) is 6.66. The monoisotopic (exact) mass is 457 g/mol. The van der Waals surface area contributed by atoms with E-state index in [4.69, 9.17) is 4.84 Å². The van der Waals surface area contributed by atoms with E-state index in [-0.39, 0.29) is 23.7 Å². The zero-order chi connectivity index (χ0) is 23.8. The van der Waals surface area contributed by atoms with Crippen molar-refractivity contribution in [1.82, 2.24) is 5.06 Å². The second-order valence-corrected chi connectivity index (χ2v) is 10.6. The van der Waals surface area contributed by atoms with Gasteiger partial charge in [0.2, 0.25) is 0 Å². The van der Waals surface area contributed by atoms with Crippen LogP contribution in [0.3, 0.4) is 0 Å². The maximum absolute atomic E-state index is 13.6. The number of aromatic hydroxyl groups is 1. The summed E-state index contributed by atoms with van der Waals surface area (Å²) in [5, 5.41) is 14.9. The van der Waals surface area contributed by atoms with Gasteiger partial charge in [-0.3, -0.25) is 4.79 Å². The second kappa shape index (κ2) is 9.42. The molecule has 4 heteroatoms. The summed E-state index contributed by atoms with van der Waals surface area (Å²) in [4.78, 5) is 19.9. The highest BCUT2D eigenvalue weighted by atomic mass is 16.7. The molecule has 34 heavy (non-hydrogen) atoms. The fourth-order valence-electron chi connectivity index (χ4n) is 6.17. The van der Waals surface area contributed by atoms with Gasteiger partial charge in [0.25, 0.3) is 0 Å². The Kier molecular flexibility index (Phi) is 6.35. The third kappa shape index (κ3) is 4.20. The van der Waals surface area contributed by atoms with Gasteiger partial charge in [0.15, 0.2) is 0 Å². The van der Waals surface area contributed by atoms with E-state index in [1.54, 1.807) is 6.07 Å². The van der Waals surface area contributed by atoms with Crippen LogP contribution in [0.2, 0.25) is 0 Å². The third-order valence-electron chi connectivity index (χ3n) is 7.99. The first-order chi connectivity index (χ1) is 16.4. The molecule has 4 unspecified atom stereocenters. The Balaban J connectivity index is 1.55. The highest BCUT2D eigenvalue weighted by Gasteiger charge is 2.40. The van der Waals surface area contributed by atoms with Crippen LogP contribution in [0.15, 0.2) is 60.7 Å². The first-order valence-corrected chi connectivity index (χ1v) is 12.7. The van der Waals surface area contributed by atoms with Crippen LogP contribution in [-0.2, 0) is 16.1 Å². The van der Waals surface area contributed by atoms with E-state index in [1.807, 2.05) is 35.4 Å². The minimum absolute atomic E-state index is 0.0808. The van der Waals surface area contributed by atoms with Crippen molar-refractivity contribution < 1.29 is 14.7 Å². The molecule has 0 bridgehead atoms. The summed E-state index contributed by atoms with van der Waals surface area (Å²) < 4.78 is 0. The quantitative estimate of drug-likeness (QED) is 0.476. The summed E-state index contributed by atoms with van der Waals surface area (Å²) in [6, 6.07) is 19.8. The molecule has 4 atom stereocenters. The average Bonchev–Trinajstić information content (AvgIpc) is 2.84. The van der Waals surface area contributed by atoms with Gasteiger partial charge in [-0.2, -0.15) is 0 Å². The van der Waals surface area contributed by atoms with Crippen LogP contribution in [0.25, 0.3) is 10.8 Å². The van der Waals surface area contributed by atoms with E-state index in [1.165, 1.54) is 12.0 Å². The molecule has 1 saturated carbocycles. The lowest BCUT2D eigenvalue weighted by atomic mass is 9.70.